The van der Waals surface area contributed by atoms with E-state index in [0.717, 1.165) is 31.3 Å². The van der Waals surface area contributed by atoms with Crippen molar-refractivity contribution < 1.29 is 37.9 Å². The number of rotatable bonds is 8. The lowest BCUT2D eigenvalue weighted by molar-refractivity contribution is -0.384. The fourth-order valence-corrected chi connectivity index (χ4v) is 7.73. The van der Waals surface area contributed by atoms with Crippen LogP contribution in [0.5, 0.6) is 0 Å². The number of fused-ring (bicyclic) bond motifs is 2. The Morgan fingerprint density at radius 3 is 2.46 bits per heavy atom. The zero-order chi connectivity index (χ0) is 39.5. The molecule has 3 aliphatic heterocycles. The molecule has 3 heterocycles. The van der Waals surface area contributed by atoms with Crippen LogP contribution in [0.25, 0.3) is 0 Å². The molecule has 54 heavy (non-hydrogen) atoms. The molecular weight excluding hydrogens is 703 g/mol. The van der Waals surface area contributed by atoms with Gasteiger partial charge in [0.05, 0.1) is 35.4 Å². The number of cyclic esters (lactones) is 1. The van der Waals surface area contributed by atoms with Crippen LogP contribution in [0, 0.1) is 16.0 Å². The summed E-state index contributed by atoms with van der Waals surface area (Å²) in [5.41, 5.74) is 2.25. The van der Waals surface area contributed by atoms with Crippen LogP contribution < -0.4 is 0 Å². The molecule has 0 spiro atoms. The van der Waals surface area contributed by atoms with E-state index in [1.165, 1.54) is 35.9 Å². The molecule has 11 heteroatoms. The number of benzene rings is 1. The Morgan fingerprint density at radius 2 is 1.78 bits per heavy atom. The molecular formula is C43H59NO9Si. The Labute approximate surface area is 322 Å². The number of nitro benzene ring substituents is 1. The van der Waals surface area contributed by atoms with Gasteiger partial charge in [-0.2, -0.15) is 0 Å². The first-order chi connectivity index (χ1) is 25.5. The minimum atomic E-state index is -2.38. The summed E-state index contributed by atoms with van der Waals surface area (Å²) in [5, 5.41) is 11.1. The highest BCUT2D eigenvalue weighted by Gasteiger charge is 2.41. The summed E-state index contributed by atoms with van der Waals surface area (Å²) in [7, 11) is -2.38. The van der Waals surface area contributed by atoms with Crippen molar-refractivity contribution >= 4 is 25.9 Å². The highest BCUT2D eigenvalue weighted by molar-refractivity contribution is 6.74. The van der Waals surface area contributed by atoms with Crippen LogP contribution >= 0.6 is 0 Å². The molecule has 3 aliphatic rings. The van der Waals surface area contributed by atoms with Gasteiger partial charge in [0.2, 0.25) is 0 Å². The fraction of sp³-hybridized carbons (Fsp3) is 0.535. The van der Waals surface area contributed by atoms with Gasteiger partial charge in [-0.15, -0.1) is 0 Å². The number of hydrogen-bond donors (Lipinski definition) is 0. The van der Waals surface area contributed by atoms with Crippen molar-refractivity contribution in [2.24, 2.45) is 5.92 Å². The third kappa shape index (κ3) is 13.4. The largest absolute Gasteiger partial charge is 0.456 e. The number of nitro groups is 1. The average Bonchev–Trinajstić information content (AvgIpc) is 3.08. The molecule has 1 aromatic rings. The Bertz CT molecular complexity index is 1620. The van der Waals surface area contributed by atoms with Gasteiger partial charge < -0.3 is 23.4 Å². The van der Waals surface area contributed by atoms with Gasteiger partial charge >= 0.3 is 11.9 Å². The Morgan fingerprint density at radius 1 is 1.06 bits per heavy atom. The van der Waals surface area contributed by atoms with Crippen LogP contribution in [-0.4, -0.2) is 68.4 Å². The summed E-state index contributed by atoms with van der Waals surface area (Å²) in [6, 6.07) is 5.34. The normalized spacial score (nSPS) is 28.2. The van der Waals surface area contributed by atoms with Crippen molar-refractivity contribution in [1.82, 2.24) is 0 Å². The molecule has 7 atom stereocenters. The second-order valence-corrected chi connectivity index (χ2v) is 21.1. The van der Waals surface area contributed by atoms with Gasteiger partial charge in [0.25, 0.3) is 5.69 Å². The standard InChI is InChI=1S/C43H59NO9Si/c1-30-24-25-49-36(27-30)22-23-40(53-54(7,8)43(4,5)6)39-16-10-15-38(51-42(46)33-18-20-34(21-19-33)44(47)48)29-32(3)26-31(2)28-37-14-9-12-35(50-37)13-11-17-41(45)52-39/h9-12,15,17-24,31,35-40H,3,13-14,16,25-29H2,1-2,4-8H3/b15-10-,17-11-,23-22?. The summed E-state index contributed by atoms with van der Waals surface area (Å²) >= 11 is 0. The number of carbonyl (C=O) groups excluding carboxylic acids is 2. The number of esters is 2. The maximum atomic E-state index is 13.5. The van der Waals surface area contributed by atoms with Crippen molar-refractivity contribution in [1.29, 1.82) is 0 Å². The van der Waals surface area contributed by atoms with Crippen molar-refractivity contribution in [3.8, 4) is 0 Å². The first-order valence-corrected chi connectivity index (χ1v) is 22.0. The fourth-order valence-electron chi connectivity index (χ4n) is 6.47. The zero-order valence-electron chi connectivity index (χ0n) is 33.0. The Balaban J connectivity index is 1.68. The van der Waals surface area contributed by atoms with Gasteiger partial charge in [-0.1, -0.05) is 88.0 Å². The second-order valence-electron chi connectivity index (χ2n) is 16.3. The van der Waals surface area contributed by atoms with E-state index in [1.807, 2.05) is 30.4 Å². The second kappa shape index (κ2) is 19.6. The molecule has 0 radical (unpaired) electrons. The highest BCUT2D eigenvalue weighted by atomic mass is 28.4. The Kier molecular flexibility index (Phi) is 15.6. The van der Waals surface area contributed by atoms with Crippen molar-refractivity contribution in [2.75, 3.05) is 6.61 Å². The lowest BCUT2D eigenvalue weighted by atomic mass is 9.91. The summed E-state index contributed by atoms with van der Waals surface area (Å²) < 4.78 is 31.6. The highest BCUT2D eigenvalue weighted by Crippen LogP contribution is 2.38. The molecule has 1 aromatic carbocycles. The minimum absolute atomic E-state index is 0.0366. The van der Waals surface area contributed by atoms with E-state index < -0.39 is 43.5 Å². The molecule has 0 saturated carbocycles. The lowest BCUT2D eigenvalue weighted by Crippen LogP contribution is -2.47. The topological polar surface area (TPSA) is 123 Å². The molecule has 294 valence electrons. The van der Waals surface area contributed by atoms with Crippen LogP contribution in [0.4, 0.5) is 5.69 Å². The van der Waals surface area contributed by atoms with Crippen LogP contribution in [-0.2, 0) is 28.2 Å². The minimum Gasteiger partial charge on any atom is -0.456 e. The maximum absolute atomic E-state index is 13.5. The molecule has 7 unspecified atom stereocenters. The predicted molar refractivity (Wildman–Crippen MR) is 214 cm³/mol. The van der Waals surface area contributed by atoms with Crippen LogP contribution in [0.1, 0.15) is 89.9 Å². The zero-order valence-corrected chi connectivity index (χ0v) is 34.0. The SMILES string of the molecule is C=C1CC(C)CC2CC=CC(C/C=C\C(=O)OC(C(C=CC3CC(C)=CCO3)O[Si](C)(C)C(C)(C)C)C/C=C\C(OC(=O)c3ccc([N+](=O)[O-])cc3)C1)O2. The molecule has 4 rings (SSSR count). The lowest BCUT2D eigenvalue weighted by Gasteiger charge is -2.40. The quantitative estimate of drug-likeness (QED) is 0.0838. The van der Waals surface area contributed by atoms with E-state index in [1.54, 1.807) is 6.08 Å². The summed E-state index contributed by atoms with van der Waals surface area (Å²) in [6.07, 6.45) is 19.3. The summed E-state index contributed by atoms with van der Waals surface area (Å²) in [4.78, 5) is 37.5. The van der Waals surface area contributed by atoms with Gasteiger partial charge in [-0.3, -0.25) is 10.1 Å². The van der Waals surface area contributed by atoms with Gasteiger partial charge in [-0.05, 0) is 81.3 Å². The average molecular weight is 762 g/mol. The first-order valence-electron chi connectivity index (χ1n) is 19.1. The number of hydrogen-bond acceptors (Lipinski definition) is 9. The van der Waals surface area contributed by atoms with E-state index in [4.69, 9.17) is 23.4 Å². The van der Waals surface area contributed by atoms with Crippen molar-refractivity contribution in [3.05, 3.63) is 112 Å². The number of carbonyl (C=O) groups is 2. The molecule has 0 N–H and O–H groups in total. The number of ether oxygens (including phenoxy) is 4. The van der Waals surface area contributed by atoms with Crippen LogP contribution in [0.3, 0.4) is 0 Å². The van der Waals surface area contributed by atoms with E-state index in [9.17, 15) is 19.7 Å². The van der Waals surface area contributed by atoms with Crippen LogP contribution in [0.2, 0.25) is 18.1 Å². The first kappa shape index (κ1) is 42.8. The van der Waals surface area contributed by atoms with Gasteiger partial charge in [-0.25, -0.2) is 9.59 Å². The van der Waals surface area contributed by atoms with E-state index >= 15 is 0 Å². The predicted octanol–water partition coefficient (Wildman–Crippen LogP) is 9.70. The third-order valence-corrected chi connectivity index (χ3v) is 14.9. The summed E-state index contributed by atoms with van der Waals surface area (Å²) in [5.74, 6) is -0.826. The van der Waals surface area contributed by atoms with Crippen LogP contribution in [0.15, 0.2) is 96.7 Å². The van der Waals surface area contributed by atoms with E-state index in [2.05, 4.69) is 66.4 Å². The molecule has 0 aliphatic carbocycles. The Hall–Kier alpha value is -3.90. The molecule has 0 aromatic heterocycles. The molecule has 0 saturated heterocycles. The molecule has 10 nitrogen and oxygen atoms in total. The molecule has 0 amide bonds. The monoisotopic (exact) mass is 761 g/mol. The smallest absolute Gasteiger partial charge is 0.338 e. The molecule has 2 bridgehead atoms. The third-order valence-electron chi connectivity index (χ3n) is 10.5. The van der Waals surface area contributed by atoms with Crippen molar-refractivity contribution in [3.63, 3.8) is 0 Å². The number of non-ortho nitro benzene ring substituents is 1. The summed E-state index contributed by atoms with van der Waals surface area (Å²) in [6.45, 7) is 20.0. The van der Waals surface area contributed by atoms with Gasteiger partial charge in [0.1, 0.15) is 18.3 Å². The molecule has 0 fully saturated rings. The van der Waals surface area contributed by atoms with Crippen molar-refractivity contribution in [2.45, 2.75) is 134 Å². The maximum Gasteiger partial charge on any atom is 0.338 e. The van der Waals surface area contributed by atoms with E-state index in [-0.39, 0.29) is 46.9 Å². The number of nitrogens with zero attached hydrogens (tertiary/aromatic N) is 1. The van der Waals surface area contributed by atoms with Gasteiger partial charge in [0.15, 0.2) is 8.32 Å². The van der Waals surface area contributed by atoms with E-state index in [0.29, 0.717) is 19.4 Å². The van der Waals surface area contributed by atoms with Gasteiger partial charge in [0, 0.05) is 31.1 Å².